The van der Waals surface area contributed by atoms with E-state index in [1.165, 1.54) is 11.6 Å². The Morgan fingerprint density at radius 3 is 2.32 bits per heavy atom. The number of hydrogen-bond acceptors (Lipinski definition) is 1. The van der Waals surface area contributed by atoms with Crippen LogP contribution < -0.4 is 5.32 Å². The Bertz CT molecular complexity index is 510. The van der Waals surface area contributed by atoms with E-state index in [0.29, 0.717) is 5.92 Å². The van der Waals surface area contributed by atoms with Crippen LogP contribution in [0.4, 0.5) is 4.39 Å². The van der Waals surface area contributed by atoms with Crippen LogP contribution in [0.1, 0.15) is 36.9 Å². The summed E-state index contributed by atoms with van der Waals surface area (Å²) in [6.45, 7) is 5.13. The van der Waals surface area contributed by atoms with Crippen molar-refractivity contribution in [2.75, 3.05) is 6.54 Å². The fraction of sp³-hybridized carbons (Fsp3) is 0.294. The average molecular weight is 257 g/mol. The predicted octanol–water partition coefficient (Wildman–Crippen LogP) is 4.28. The first-order valence-corrected chi connectivity index (χ1v) is 6.70. The van der Waals surface area contributed by atoms with Gasteiger partial charge in [0, 0.05) is 12.6 Å². The lowest BCUT2D eigenvalue weighted by molar-refractivity contribution is 0.533. The summed E-state index contributed by atoms with van der Waals surface area (Å²) in [6.07, 6.45) is 0. The smallest absolute Gasteiger partial charge is 0.123 e. The molecule has 19 heavy (non-hydrogen) atoms. The van der Waals surface area contributed by atoms with E-state index in [1.807, 2.05) is 12.1 Å². The molecular weight excluding hydrogens is 237 g/mol. The molecule has 0 saturated carbocycles. The minimum Gasteiger partial charge on any atom is -0.310 e. The molecule has 2 aromatic rings. The summed E-state index contributed by atoms with van der Waals surface area (Å²) in [5, 5.41) is 3.46. The summed E-state index contributed by atoms with van der Waals surface area (Å²) < 4.78 is 13.2. The van der Waals surface area contributed by atoms with Crippen molar-refractivity contribution >= 4 is 0 Å². The first-order valence-electron chi connectivity index (χ1n) is 6.70. The van der Waals surface area contributed by atoms with Gasteiger partial charge < -0.3 is 5.32 Å². The van der Waals surface area contributed by atoms with Gasteiger partial charge in [-0.25, -0.2) is 4.39 Å². The van der Waals surface area contributed by atoms with Crippen molar-refractivity contribution in [3.63, 3.8) is 0 Å². The molecule has 1 N–H and O–H groups in total. The van der Waals surface area contributed by atoms with Crippen LogP contribution in [0.25, 0.3) is 0 Å². The van der Waals surface area contributed by atoms with Crippen LogP contribution in [-0.2, 0) is 0 Å². The van der Waals surface area contributed by atoms with E-state index in [0.717, 1.165) is 12.1 Å². The maximum Gasteiger partial charge on any atom is 0.123 e. The highest BCUT2D eigenvalue weighted by Crippen LogP contribution is 2.17. The lowest BCUT2D eigenvalue weighted by Gasteiger charge is -2.18. The molecule has 0 fully saturated rings. The van der Waals surface area contributed by atoms with Crippen LogP contribution in [0.3, 0.4) is 0 Å². The predicted molar refractivity (Wildman–Crippen MR) is 77.7 cm³/mol. The highest BCUT2D eigenvalue weighted by atomic mass is 19.1. The first-order chi connectivity index (χ1) is 9.16. The zero-order valence-corrected chi connectivity index (χ0v) is 11.4. The van der Waals surface area contributed by atoms with Gasteiger partial charge in [-0.1, -0.05) is 49.4 Å². The normalized spacial score (nSPS) is 14.1. The Labute approximate surface area is 114 Å². The monoisotopic (exact) mass is 257 g/mol. The van der Waals surface area contributed by atoms with Crippen molar-refractivity contribution in [3.05, 3.63) is 71.5 Å². The zero-order valence-electron chi connectivity index (χ0n) is 11.4. The summed E-state index contributed by atoms with van der Waals surface area (Å²) >= 11 is 0. The van der Waals surface area contributed by atoms with Gasteiger partial charge in [-0.3, -0.25) is 0 Å². The van der Waals surface area contributed by atoms with Crippen molar-refractivity contribution in [3.8, 4) is 0 Å². The molecule has 0 amide bonds. The van der Waals surface area contributed by atoms with Crippen LogP contribution in [0.15, 0.2) is 54.6 Å². The molecular formula is C17H20FN. The van der Waals surface area contributed by atoms with Gasteiger partial charge in [0.25, 0.3) is 0 Å². The van der Waals surface area contributed by atoms with E-state index >= 15 is 0 Å². The molecule has 2 heteroatoms. The molecule has 100 valence electrons. The average Bonchev–Trinajstić information content (AvgIpc) is 2.45. The molecule has 0 aromatic heterocycles. The Balaban J connectivity index is 1.92. The van der Waals surface area contributed by atoms with Crippen molar-refractivity contribution < 1.29 is 4.39 Å². The third-order valence-electron chi connectivity index (χ3n) is 3.45. The molecule has 0 saturated heterocycles. The van der Waals surface area contributed by atoms with Crippen LogP contribution in [0.5, 0.6) is 0 Å². The second-order valence-corrected chi connectivity index (χ2v) is 5.00. The van der Waals surface area contributed by atoms with Crippen molar-refractivity contribution in [2.45, 2.75) is 25.8 Å². The van der Waals surface area contributed by atoms with Gasteiger partial charge in [0.1, 0.15) is 5.82 Å². The van der Waals surface area contributed by atoms with E-state index < -0.39 is 0 Å². The lowest BCUT2D eigenvalue weighted by atomic mass is 10.0. The maximum atomic E-state index is 13.2. The molecule has 2 rings (SSSR count). The Kier molecular flexibility index (Phi) is 4.69. The maximum absolute atomic E-state index is 13.2. The van der Waals surface area contributed by atoms with Crippen molar-refractivity contribution in [1.82, 2.24) is 5.32 Å². The minimum atomic E-state index is -0.178. The van der Waals surface area contributed by atoms with Crippen LogP contribution in [0.2, 0.25) is 0 Å². The van der Waals surface area contributed by atoms with Gasteiger partial charge in [0.15, 0.2) is 0 Å². The SMILES string of the molecule is CC(CN[C@H](C)c1cccc(F)c1)c1ccccc1. The number of benzene rings is 2. The molecule has 1 unspecified atom stereocenters. The van der Waals surface area contributed by atoms with Crippen LogP contribution in [0, 0.1) is 5.82 Å². The molecule has 0 spiro atoms. The third-order valence-corrected chi connectivity index (χ3v) is 3.45. The molecule has 0 radical (unpaired) electrons. The van der Waals surface area contributed by atoms with E-state index in [1.54, 1.807) is 12.1 Å². The summed E-state index contributed by atoms with van der Waals surface area (Å²) in [6, 6.07) is 17.3. The summed E-state index contributed by atoms with van der Waals surface area (Å²) in [7, 11) is 0. The standard InChI is InChI=1S/C17H20FN/c1-13(15-7-4-3-5-8-15)12-19-14(2)16-9-6-10-17(18)11-16/h3-11,13-14,19H,12H2,1-2H3/t13?,14-/m1/s1. The van der Waals surface area contributed by atoms with Crippen LogP contribution >= 0.6 is 0 Å². The van der Waals surface area contributed by atoms with E-state index in [4.69, 9.17) is 0 Å². The molecule has 0 aliphatic carbocycles. The third kappa shape index (κ3) is 3.90. The van der Waals surface area contributed by atoms with Crippen molar-refractivity contribution in [2.24, 2.45) is 0 Å². The van der Waals surface area contributed by atoms with Crippen molar-refractivity contribution in [1.29, 1.82) is 0 Å². The van der Waals surface area contributed by atoms with Gasteiger partial charge in [-0.15, -0.1) is 0 Å². The van der Waals surface area contributed by atoms with Gasteiger partial charge >= 0.3 is 0 Å². The molecule has 0 aliphatic rings. The highest BCUT2D eigenvalue weighted by molar-refractivity contribution is 5.21. The summed E-state index contributed by atoms with van der Waals surface area (Å²) in [5.41, 5.74) is 2.31. The van der Waals surface area contributed by atoms with Crippen LogP contribution in [-0.4, -0.2) is 6.54 Å². The van der Waals surface area contributed by atoms with Gasteiger partial charge in [0.2, 0.25) is 0 Å². The van der Waals surface area contributed by atoms with E-state index in [2.05, 4.69) is 43.4 Å². The fourth-order valence-corrected chi connectivity index (χ4v) is 2.15. The quantitative estimate of drug-likeness (QED) is 0.843. The van der Waals surface area contributed by atoms with Gasteiger partial charge in [0.05, 0.1) is 0 Å². The largest absolute Gasteiger partial charge is 0.310 e. The van der Waals surface area contributed by atoms with E-state index in [-0.39, 0.29) is 11.9 Å². The second kappa shape index (κ2) is 6.48. The minimum absolute atomic E-state index is 0.155. The first kappa shape index (κ1) is 13.8. The highest BCUT2D eigenvalue weighted by Gasteiger charge is 2.09. The number of halogens is 1. The second-order valence-electron chi connectivity index (χ2n) is 5.00. The molecule has 1 nitrogen and oxygen atoms in total. The topological polar surface area (TPSA) is 12.0 Å². The number of nitrogens with one attached hydrogen (secondary N) is 1. The molecule has 0 bridgehead atoms. The molecule has 2 atom stereocenters. The number of rotatable bonds is 5. The Morgan fingerprint density at radius 2 is 1.63 bits per heavy atom. The zero-order chi connectivity index (χ0) is 13.7. The molecule has 2 aromatic carbocycles. The van der Waals surface area contributed by atoms with E-state index in [9.17, 15) is 4.39 Å². The molecule has 0 aliphatic heterocycles. The lowest BCUT2D eigenvalue weighted by Crippen LogP contribution is -2.23. The van der Waals surface area contributed by atoms with Gasteiger partial charge in [-0.2, -0.15) is 0 Å². The Morgan fingerprint density at radius 1 is 0.947 bits per heavy atom. The summed E-state index contributed by atoms with van der Waals surface area (Å²) in [5.74, 6) is 0.263. The molecule has 0 heterocycles. The summed E-state index contributed by atoms with van der Waals surface area (Å²) in [4.78, 5) is 0. The number of hydrogen-bond donors (Lipinski definition) is 1. The van der Waals surface area contributed by atoms with Gasteiger partial charge in [-0.05, 0) is 36.1 Å². The fourth-order valence-electron chi connectivity index (χ4n) is 2.15. The Hall–Kier alpha value is -1.67.